The zero-order valence-electron chi connectivity index (χ0n) is 13.4. The Balaban J connectivity index is 1.66. The molecule has 4 nitrogen and oxygen atoms in total. The van der Waals surface area contributed by atoms with Gasteiger partial charge in [0.15, 0.2) is 0 Å². The third-order valence-electron chi connectivity index (χ3n) is 4.18. The molecule has 0 unspecified atom stereocenters. The molecule has 1 aliphatic heterocycles. The number of carbonyl (C=O) groups is 1. The maximum atomic E-state index is 12.6. The summed E-state index contributed by atoms with van der Waals surface area (Å²) in [5.41, 5.74) is 3.09. The molecular weight excluding hydrogens is 354 g/mol. The monoisotopic (exact) mass is 373 g/mol. The van der Waals surface area contributed by atoms with Crippen molar-refractivity contribution in [1.29, 1.82) is 0 Å². The number of piperazine rings is 1. The topological polar surface area (TPSA) is 36.4 Å². The van der Waals surface area contributed by atoms with Gasteiger partial charge in [-0.15, -0.1) is 0 Å². The molecule has 0 saturated carbocycles. The quantitative estimate of drug-likeness (QED) is 0.808. The SMILES string of the molecule is Cc1ccc(C(=O)N2CCN(c3ncc(Br)cc3C)CC2)cc1. The molecule has 120 valence electrons. The molecule has 23 heavy (non-hydrogen) atoms. The van der Waals surface area contributed by atoms with Crippen LogP contribution in [0.5, 0.6) is 0 Å². The molecule has 0 aliphatic carbocycles. The number of anilines is 1. The van der Waals surface area contributed by atoms with Gasteiger partial charge in [-0.3, -0.25) is 4.79 Å². The van der Waals surface area contributed by atoms with Crippen molar-refractivity contribution < 1.29 is 4.79 Å². The molecule has 2 heterocycles. The van der Waals surface area contributed by atoms with Crippen molar-refractivity contribution in [2.75, 3.05) is 31.1 Å². The third kappa shape index (κ3) is 3.55. The van der Waals surface area contributed by atoms with Gasteiger partial charge in [0.2, 0.25) is 0 Å². The van der Waals surface area contributed by atoms with Crippen LogP contribution in [0.15, 0.2) is 41.0 Å². The second kappa shape index (κ2) is 6.71. The second-order valence-corrected chi connectivity index (χ2v) is 6.85. The van der Waals surface area contributed by atoms with Gasteiger partial charge in [-0.2, -0.15) is 0 Å². The first kappa shape index (κ1) is 16.0. The first-order chi connectivity index (χ1) is 11.0. The van der Waals surface area contributed by atoms with Crippen molar-refractivity contribution >= 4 is 27.7 Å². The molecule has 1 aromatic heterocycles. The zero-order chi connectivity index (χ0) is 16.4. The summed E-state index contributed by atoms with van der Waals surface area (Å²) in [4.78, 5) is 21.2. The van der Waals surface area contributed by atoms with Crippen LogP contribution in [-0.2, 0) is 0 Å². The van der Waals surface area contributed by atoms with Crippen LogP contribution in [0.4, 0.5) is 5.82 Å². The van der Waals surface area contributed by atoms with E-state index in [1.165, 1.54) is 5.56 Å². The highest BCUT2D eigenvalue weighted by Gasteiger charge is 2.23. The summed E-state index contributed by atoms with van der Waals surface area (Å²) in [7, 11) is 0. The summed E-state index contributed by atoms with van der Waals surface area (Å²) in [5.74, 6) is 1.13. The van der Waals surface area contributed by atoms with Crippen molar-refractivity contribution in [3.05, 3.63) is 57.7 Å². The highest BCUT2D eigenvalue weighted by atomic mass is 79.9. The molecule has 1 aromatic carbocycles. The molecule has 0 bridgehead atoms. The van der Waals surface area contributed by atoms with E-state index in [9.17, 15) is 4.79 Å². The van der Waals surface area contributed by atoms with Gasteiger partial charge in [0, 0.05) is 42.4 Å². The van der Waals surface area contributed by atoms with Gasteiger partial charge in [0.05, 0.1) is 0 Å². The Labute approximate surface area is 145 Å². The van der Waals surface area contributed by atoms with E-state index < -0.39 is 0 Å². The van der Waals surface area contributed by atoms with Crippen LogP contribution in [-0.4, -0.2) is 42.0 Å². The van der Waals surface area contributed by atoms with E-state index in [2.05, 4.69) is 38.8 Å². The van der Waals surface area contributed by atoms with Crippen LogP contribution in [0.1, 0.15) is 21.5 Å². The van der Waals surface area contributed by atoms with Crippen molar-refractivity contribution in [1.82, 2.24) is 9.88 Å². The van der Waals surface area contributed by atoms with E-state index in [4.69, 9.17) is 0 Å². The fraction of sp³-hybridized carbons (Fsp3) is 0.333. The molecule has 5 heteroatoms. The van der Waals surface area contributed by atoms with Crippen LogP contribution in [0.2, 0.25) is 0 Å². The number of rotatable bonds is 2. The second-order valence-electron chi connectivity index (χ2n) is 5.94. The third-order valence-corrected chi connectivity index (χ3v) is 4.62. The Morgan fingerprint density at radius 3 is 2.35 bits per heavy atom. The predicted molar refractivity (Wildman–Crippen MR) is 96.0 cm³/mol. The van der Waals surface area contributed by atoms with Gasteiger partial charge in [-0.05, 0) is 53.5 Å². The Morgan fingerprint density at radius 2 is 1.74 bits per heavy atom. The van der Waals surface area contributed by atoms with Gasteiger partial charge in [0.1, 0.15) is 5.82 Å². The highest BCUT2D eigenvalue weighted by molar-refractivity contribution is 9.10. The number of aryl methyl sites for hydroxylation is 2. The van der Waals surface area contributed by atoms with E-state index >= 15 is 0 Å². The molecular formula is C18H20BrN3O. The van der Waals surface area contributed by atoms with Gasteiger partial charge >= 0.3 is 0 Å². The van der Waals surface area contributed by atoms with Crippen LogP contribution in [0, 0.1) is 13.8 Å². The fourth-order valence-corrected chi connectivity index (χ4v) is 3.31. The summed E-state index contributed by atoms with van der Waals surface area (Å²) >= 11 is 3.45. The number of benzene rings is 1. The van der Waals surface area contributed by atoms with Crippen LogP contribution < -0.4 is 4.90 Å². The number of carbonyl (C=O) groups excluding carboxylic acids is 1. The molecule has 1 saturated heterocycles. The fourth-order valence-electron chi connectivity index (χ4n) is 2.86. The maximum absolute atomic E-state index is 12.6. The smallest absolute Gasteiger partial charge is 0.253 e. The summed E-state index contributed by atoms with van der Waals surface area (Å²) < 4.78 is 0.993. The molecule has 0 atom stereocenters. The molecule has 3 rings (SSSR count). The first-order valence-corrected chi connectivity index (χ1v) is 8.57. The molecule has 0 spiro atoms. The average molecular weight is 374 g/mol. The van der Waals surface area contributed by atoms with Crippen molar-refractivity contribution in [3.63, 3.8) is 0 Å². The van der Waals surface area contributed by atoms with E-state index in [1.807, 2.05) is 42.3 Å². The van der Waals surface area contributed by atoms with Gasteiger partial charge < -0.3 is 9.80 Å². The molecule has 0 radical (unpaired) electrons. The Kier molecular flexibility index (Phi) is 4.66. The lowest BCUT2D eigenvalue weighted by molar-refractivity contribution is 0.0746. The van der Waals surface area contributed by atoms with Crippen LogP contribution in [0.3, 0.4) is 0 Å². The Hall–Kier alpha value is -1.88. The number of hydrogen-bond donors (Lipinski definition) is 0. The minimum absolute atomic E-state index is 0.116. The Bertz CT molecular complexity index is 707. The highest BCUT2D eigenvalue weighted by Crippen LogP contribution is 2.22. The number of pyridine rings is 1. The number of hydrogen-bond acceptors (Lipinski definition) is 3. The van der Waals surface area contributed by atoms with E-state index in [-0.39, 0.29) is 5.91 Å². The Morgan fingerprint density at radius 1 is 1.09 bits per heavy atom. The molecule has 1 aliphatic rings. The van der Waals surface area contributed by atoms with Crippen molar-refractivity contribution in [2.24, 2.45) is 0 Å². The maximum Gasteiger partial charge on any atom is 0.253 e. The van der Waals surface area contributed by atoms with E-state index in [0.717, 1.165) is 47.6 Å². The van der Waals surface area contributed by atoms with Crippen molar-refractivity contribution in [3.8, 4) is 0 Å². The van der Waals surface area contributed by atoms with Gasteiger partial charge in [-0.25, -0.2) is 4.98 Å². The number of amides is 1. The summed E-state index contributed by atoms with van der Waals surface area (Å²) in [6.45, 7) is 7.17. The minimum Gasteiger partial charge on any atom is -0.353 e. The lowest BCUT2D eigenvalue weighted by Gasteiger charge is -2.36. The normalized spacial score (nSPS) is 14.9. The number of aromatic nitrogens is 1. The van der Waals surface area contributed by atoms with Crippen molar-refractivity contribution in [2.45, 2.75) is 13.8 Å². The van der Waals surface area contributed by atoms with E-state index in [1.54, 1.807) is 0 Å². The lowest BCUT2D eigenvalue weighted by Crippen LogP contribution is -2.49. The molecule has 1 fully saturated rings. The summed E-state index contributed by atoms with van der Waals surface area (Å²) in [6, 6.07) is 9.86. The standard InChI is InChI=1S/C18H20BrN3O/c1-13-3-5-15(6-4-13)18(23)22-9-7-21(8-10-22)17-14(2)11-16(19)12-20-17/h3-6,11-12H,7-10H2,1-2H3. The number of nitrogens with zero attached hydrogens (tertiary/aromatic N) is 3. The minimum atomic E-state index is 0.116. The average Bonchev–Trinajstić information content (AvgIpc) is 2.55. The first-order valence-electron chi connectivity index (χ1n) is 7.77. The molecule has 0 N–H and O–H groups in total. The molecule has 1 amide bonds. The zero-order valence-corrected chi connectivity index (χ0v) is 15.0. The van der Waals surface area contributed by atoms with Crippen LogP contribution >= 0.6 is 15.9 Å². The summed E-state index contributed by atoms with van der Waals surface area (Å²) in [6.07, 6.45) is 1.83. The predicted octanol–water partition coefficient (Wildman–Crippen LogP) is 3.42. The number of halogens is 1. The van der Waals surface area contributed by atoms with E-state index in [0.29, 0.717) is 0 Å². The van der Waals surface area contributed by atoms with Gasteiger partial charge in [0.25, 0.3) is 5.91 Å². The largest absolute Gasteiger partial charge is 0.353 e. The lowest BCUT2D eigenvalue weighted by atomic mass is 10.1. The molecule has 2 aromatic rings. The van der Waals surface area contributed by atoms with Crippen LogP contribution in [0.25, 0.3) is 0 Å². The van der Waals surface area contributed by atoms with Gasteiger partial charge in [-0.1, -0.05) is 17.7 Å². The summed E-state index contributed by atoms with van der Waals surface area (Å²) in [5, 5.41) is 0.